The number of thiophene rings is 2. The molecule has 0 aliphatic rings. The number of hydrogen-bond donors (Lipinski definition) is 0. The number of pyridine rings is 2. The van der Waals surface area contributed by atoms with Crippen LogP contribution in [0.1, 0.15) is 0 Å². The van der Waals surface area contributed by atoms with E-state index in [1.807, 2.05) is 162 Å². The molecule has 0 N–H and O–H groups in total. The Bertz CT molecular complexity index is 6410. The fourth-order valence-corrected chi connectivity index (χ4v) is 16.3. The fourth-order valence-electron chi connectivity index (χ4n) is 14.0. The summed E-state index contributed by atoms with van der Waals surface area (Å²) in [6.07, 6.45) is 3.72. The SMILES string of the molecule is c1ccc(-c2nc(-c3ccccc3)nc(-c3ccc(-n4c5ccccc5c5ccc(-c6cccc7sc8ccccc8c67)cc54)nc3)n2)cc1.c1ccc(-c2nc(-c3ccccc3)nc(-c3ccnc(-n4c5ccccc5c5ccc(-c6cccc7sc8ccccc8c67)cc54)c3)n2)cc1. The molecule has 0 unspecified atom stereocenters. The molecule has 0 amide bonds. The Morgan fingerprint density at radius 3 is 1.02 bits per heavy atom. The second kappa shape index (κ2) is 24.6. The number of benzene rings is 12. The molecule has 8 heterocycles. The van der Waals surface area contributed by atoms with Gasteiger partial charge in [-0.3, -0.25) is 9.13 Å². The third-order valence-corrected chi connectivity index (χ3v) is 20.9. The standard InChI is InChI=1S/2C44H27N5S/c1-3-12-28(13-4-1)42-46-43(29-14-5-2-6-15-29)48-44(47-42)31-23-25-40(45-27-31)49-36-19-9-7-16-33(36)34-24-22-30(26-37(34)49)32-18-11-21-39-41(32)35-17-8-10-20-38(35)50-39;1-3-12-28(13-4-1)42-46-43(29-14-5-2-6-15-29)48-44(47-42)31-24-25-45-40(27-31)49-36-19-9-7-16-33(36)34-23-22-30(26-37(34)49)32-18-11-21-39-41(32)35-17-8-10-20-38(35)50-39/h2*1-27H. The highest BCUT2D eigenvalue weighted by molar-refractivity contribution is 7.26. The van der Waals surface area contributed by atoms with Crippen molar-refractivity contribution in [3.05, 3.63) is 328 Å². The number of nitrogens with zero attached hydrogens (tertiary/aromatic N) is 10. The van der Waals surface area contributed by atoms with Gasteiger partial charge >= 0.3 is 0 Å². The van der Waals surface area contributed by atoms with Crippen LogP contribution in [0, 0.1) is 0 Å². The average Bonchev–Trinajstić information content (AvgIpc) is 1.59. The van der Waals surface area contributed by atoms with E-state index in [4.69, 9.17) is 39.9 Å². The van der Waals surface area contributed by atoms with E-state index >= 15 is 0 Å². The van der Waals surface area contributed by atoms with Crippen molar-refractivity contribution in [2.75, 3.05) is 0 Å². The van der Waals surface area contributed by atoms with Crippen LogP contribution in [0.4, 0.5) is 0 Å². The van der Waals surface area contributed by atoms with Crippen LogP contribution in [0.25, 0.3) is 186 Å². The lowest BCUT2D eigenvalue weighted by molar-refractivity contribution is 1.05. The third-order valence-electron chi connectivity index (χ3n) is 18.6. The summed E-state index contributed by atoms with van der Waals surface area (Å²) in [7, 11) is 0. The normalized spacial score (nSPS) is 11.6. The Morgan fingerprint density at radius 1 is 0.220 bits per heavy atom. The van der Waals surface area contributed by atoms with Crippen LogP contribution in [0.5, 0.6) is 0 Å². The van der Waals surface area contributed by atoms with Crippen LogP contribution in [-0.4, -0.2) is 49.0 Å². The first-order chi connectivity index (χ1) is 49.6. The van der Waals surface area contributed by atoms with Crippen molar-refractivity contribution in [1.29, 1.82) is 0 Å². The zero-order valence-corrected chi connectivity index (χ0v) is 55.1. The molecule has 12 heteroatoms. The number of para-hydroxylation sites is 2. The minimum Gasteiger partial charge on any atom is -0.294 e. The number of aromatic nitrogens is 10. The zero-order valence-electron chi connectivity index (χ0n) is 53.5. The van der Waals surface area contributed by atoms with Gasteiger partial charge in [-0.25, -0.2) is 39.9 Å². The topological polar surface area (TPSA) is 113 Å². The summed E-state index contributed by atoms with van der Waals surface area (Å²) < 4.78 is 9.73. The van der Waals surface area contributed by atoms with Crippen molar-refractivity contribution in [1.82, 2.24) is 49.0 Å². The van der Waals surface area contributed by atoms with Crippen molar-refractivity contribution in [2.24, 2.45) is 0 Å². The van der Waals surface area contributed by atoms with E-state index in [0.29, 0.717) is 34.9 Å². The molecule has 0 saturated heterocycles. The molecule has 0 aliphatic heterocycles. The summed E-state index contributed by atoms with van der Waals surface area (Å²) in [5.41, 5.74) is 14.6. The Morgan fingerprint density at radius 2 is 0.580 bits per heavy atom. The van der Waals surface area contributed by atoms with Crippen molar-refractivity contribution >= 4 is 107 Å². The maximum atomic E-state index is 5.05. The molecule has 100 heavy (non-hydrogen) atoms. The average molecular weight is 1320 g/mol. The largest absolute Gasteiger partial charge is 0.294 e. The minimum absolute atomic E-state index is 0.581. The van der Waals surface area contributed by atoms with Gasteiger partial charge in [0.2, 0.25) is 0 Å². The highest BCUT2D eigenvalue weighted by atomic mass is 32.1. The molecule has 0 aliphatic carbocycles. The van der Waals surface area contributed by atoms with Crippen molar-refractivity contribution in [3.63, 3.8) is 0 Å². The van der Waals surface area contributed by atoms with E-state index in [-0.39, 0.29) is 0 Å². The lowest BCUT2D eigenvalue weighted by Gasteiger charge is -2.11. The maximum absolute atomic E-state index is 5.05. The lowest BCUT2D eigenvalue weighted by Crippen LogP contribution is -2.02. The van der Waals surface area contributed by atoms with Gasteiger partial charge in [-0.2, -0.15) is 0 Å². The van der Waals surface area contributed by atoms with Gasteiger partial charge < -0.3 is 0 Å². The quantitative estimate of drug-likeness (QED) is 0.133. The van der Waals surface area contributed by atoms with E-state index in [9.17, 15) is 0 Å². The molecule has 10 nitrogen and oxygen atoms in total. The van der Waals surface area contributed by atoms with Gasteiger partial charge in [0, 0.05) is 108 Å². The number of hydrogen-bond acceptors (Lipinski definition) is 10. The molecular weight excluding hydrogens is 1260 g/mol. The predicted octanol–water partition coefficient (Wildman–Crippen LogP) is 22.8. The van der Waals surface area contributed by atoms with Crippen molar-refractivity contribution in [3.8, 4) is 102 Å². The van der Waals surface area contributed by atoms with Crippen LogP contribution >= 0.6 is 22.7 Å². The molecule has 12 aromatic carbocycles. The molecule has 0 fully saturated rings. The van der Waals surface area contributed by atoms with E-state index in [1.165, 1.54) is 84.1 Å². The first-order valence-corrected chi connectivity index (χ1v) is 34.8. The van der Waals surface area contributed by atoms with E-state index in [1.54, 1.807) is 0 Å². The predicted molar refractivity (Wildman–Crippen MR) is 413 cm³/mol. The zero-order chi connectivity index (χ0) is 66.0. The molecular formula is C88H54N10S2. The summed E-state index contributed by atoms with van der Waals surface area (Å²) in [6.45, 7) is 0. The summed E-state index contributed by atoms with van der Waals surface area (Å²) in [5, 5.41) is 9.93. The second-order valence-electron chi connectivity index (χ2n) is 24.6. The Balaban J connectivity index is 0.000000139. The van der Waals surface area contributed by atoms with Crippen LogP contribution < -0.4 is 0 Å². The van der Waals surface area contributed by atoms with Crippen LogP contribution in [0.2, 0.25) is 0 Å². The van der Waals surface area contributed by atoms with Gasteiger partial charge in [-0.1, -0.05) is 243 Å². The van der Waals surface area contributed by atoms with Gasteiger partial charge in [0.05, 0.1) is 22.1 Å². The monoisotopic (exact) mass is 1310 g/mol. The van der Waals surface area contributed by atoms with Gasteiger partial charge in [0.25, 0.3) is 0 Å². The van der Waals surface area contributed by atoms with Crippen LogP contribution in [0.15, 0.2) is 328 Å². The smallest absolute Gasteiger partial charge is 0.165 e. The summed E-state index contributed by atoms with van der Waals surface area (Å²) in [4.78, 5) is 39.5. The van der Waals surface area contributed by atoms with E-state index < -0.39 is 0 Å². The van der Waals surface area contributed by atoms with Crippen LogP contribution in [0.3, 0.4) is 0 Å². The summed E-state index contributed by atoms with van der Waals surface area (Å²) >= 11 is 3.69. The number of rotatable bonds is 10. The van der Waals surface area contributed by atoms with Gasteiger partial charge in [-0.05, 0) is 95.1 Å². The first-order valence-electron chi connectivity index (χ1n) is 33.1. The Labute approximate surface area is 581 Å². The molecule has 0 bridgehead atoms. The summed E-state index contributed by atoms with van der Waals surface area (Å²) in [6, 6.07) is 110. The molecule has 0 spiro atoms. The molecule has 20 rings (SSSR count). The molecule has 0 radical (unpaired) electrons. The van der Waals surface area contributed by atoms with Crippen LogP contribution in [-0.2, 0) is 0 Å². The van der Waals surface area contributed by atoms with Gasteiger partial charge in [0.15, 0.2) is 34.9 Å². The fraction of sp³-hybridized carbons (Fsp3) is 0. The van der Waals surface area contributed by atoms with Gasteiger partial charge in [0.1, 0.15) is 11.6 Å². The number of fused-ring (bicyclic) bond motifs is 12. The lowest BCUT2D eigenvalue weighted by atomic mass is 9.98. The van der Waals surface area contributed by atoms with Crippen molar-refractivity contribution < 1.29 is 0 Å². The molecule has 468 valence electrons. The van der Waals surface area contributed by atoms with Crippen molar-refractivity contribution in [2.45, 2.75) is 0 Å². The molecule has 8 aromatic heterocycles. The first kappa shape index (κ1) is 58.4. The second-order valence-corrected chi connectivity index (χ2v) is 26.8. The molecule has 0 saturated carbocycles. The molecule has 20 aromatic rings. The Kier molecular flexibility index (Phi) is 14.3. The summed E-state index contributed by atoms with van der Waals surface area (Å²) in [5.74, 6) is 5.32. The van der Waals surface area contributed by atoms with Gasteiger partial charge in [-0.15, -0.1) is 22.7 Å². The molecule has 0 atom stereocenters. The highest BCUT2D eigenvalue weighted by Gasteiger charge is 2.22. The maximum Gasteiger partial charge on any atom is 0.165 e. The minimum atomic E-state index is 0.581. The third kappa shape index (κ3) is 10.3. The van der Waals surface area contributed by atoms with E-state index in [0.717, 1.165) is 67.1 Å². The highest BCUT2D eigenvalue weighted by Crippen LogP contribution is 2.45. The van der Waals surface area contributed by atoms with E-state index in [2.05, 4.69) is 197 Å². The Hall–Kier alpha value is -13.0.